The molecule has 2 heterocycles. The molecule has 0 spiro atoms. The lowest BCUT2D eigenvalue weighted by Crippen LogP contribution is -2.60. The minimum Gasteiger partial charge on any atom is -0.308 e. The van der Waals surface area contributed by atoms with Gasteiger partial charge < -0.3 is 4.94 Å². The highest BCUT2D eigenvalue weighted by atomic mass is 17.0. The van der Waals surface area contributed by atoms with Crippen molar-refractivity contribution in [3.05, 3.63) is 37.3 Å². The van der Waals surface area contributed by atoms with Gasteiger partial charge in [-0.1, -0.05) is 10.6 Å². The first-order valence-electron chi connectivity index (χ1n) is 3.86. The number of hydrogen-bond donors (Lipinski definition) is 1. The Bertz CT molecular complexity index is 492. The lowest BCUT2D eigenvalue weighted by molar-refractivity contribution is -0.800. The molecule has 1 aliphatic heterocycles. The monoisotopic (exact) mass is 246 g/mol. The van der Waals surface area contributed by atoms with Crippen LogP contribution in [0.2, 0.25) is 0 Å². The molecule has 13 nitrogen and oxygen atoms in total. The zero-order valence-corrected chi connectivity index (χ0v) is 7.67. The van der Waals surface area contributed by atoms with Crippen LogP contribution >= 0.6 is 0 Å². The second-order valence-electron chi connectivity index (χ2n) is 2.78. The number of nitrogens with one attached hydrogen (secondary N) is 1. The average molecular weight is 246 g/mol. The summed E-state index contributed by atoms with van der Waals surface area (Å²) < 4.78 is 4.11. The Morgan fingerprint density at radius 1 is 1.41 bits per heavy atom. The predicted octanol–water partition coefficient (Wildman–Crippen LogP) is -1.97. The maximum absolute atomic E-state index is 11.2. The van der Waals surface area contributed by atoms with E-state index in [2.05, 4.69) is 19.9 Å². The quantitative estimate of drug-likeness (QED) is 0.272. The van der Waals surface area contributed by atoms with Crippen LogP contribution in [-0.2, 0) is 4.94 Å². The molecule has 1 aliphatic rings. The predicted molar refractivity (Wildman–Crippen MR) is 43.0 cm³/mol. The SMILES string of the molecule is O=[N+]([O-])C1([N+](=O)[O-])NO[N+]([O-])=C1c1cnon1. The van der Waals surface area contributed by atoms with E-state index in [4.69, 9.17) is 0 Å². The molecule has 0 radical (unpaired) electrons. The normalized spacial score (nSPS) is 17.9. The van der Waals surface area contributed by atoms with Crippen LogP contribution < -0.4 is 5.48 Å². The van der Waals surface area contributed by atoms with Crippen molar-refractivity contribution in [3.8, 4) is 0 Å². The first kappa shape index (κ1) is 10.7. The van der Waals surface area contributed by atoms with Gasteiger partial charge in [0.15, 0.2) is 0 Å². The Balaban J connectivity index is 2.63. The summed E-state index contributed by atoms with van der Waals surface area (Å²) >= 11 is 0. The Morgan fingerprint density at radius 2 is 2.06 bits per heavy atom. The van der Waals surface area contributed by atoms with E-state index >= 15 is 0 Å². The summed E-state index contributed by atoms with van der Waals surface area (Å²) in [7, 11) is 0. The molecule has 13 heteroatoms. The fraction of sp³-hybridized carbons (Fsp3) is 0.250. The smallest absolute Gasteiger partial charge is 0.308 e. The first-order valence-corrected chi connectivity index (χ1v) is 3.86. The van der Waals surface area contributed by atoms with E-state index < -0.39 is 31.9 Å². The number of nitro groups is 2. The van der Waals surface area contributed by atoms with Gasteiger partial charge in [0.1, 0.15) is 16.0 Å². The van der Waals surface area contributed by atoms with Gasteiger partial charge >= 0.3 is 11.5 Å². The molecule has 90 valence electrons. The van der Waals surface area contributed by atoms with Gasteiger partial charge in [-0.05, 0) is 5.16 Å². The summed E-state index contributed by atoms with van der Waals surface area (Å²) in [4.78, 5) is 22.5. The number of hydrogen-bond acceptors (Lipinski definition) is 10. The highest BCUT2D eigenvalue weighted by molar-refractivity contribution is 5.99. The van der Waals surface area contributed by atoms with Crippen LogP contribution in [0.5, 0.6) is 0 Å². The molecular formula is C4H2N6O7. The third-order valence-electron chi connectivity index (χ3n) is 1.92. The van der Waals surface area contributed by atoms with Crippen LogP contribution in [0.25, 0.3) is 0 Å². The molecule has 0 aliphatic carbocycles. The molecule has 0 amide bonds. The van der Waals surface area contributed by atoms with E-state index in [9.17, 15) is 25.4 Å². The van der Waals surface area contributed by atoms with Crippen LogP contribution in [-0.4, -0.2) is 36.6 Å². The Hall–Kier alpha value is -2.83. The Labute approximate surface area is 90.0 Å². The molecule has 1 N–H and O–H groups in total. The van der Waals surface area contributed by atoms with E-state index in [1.54, 1.807) is 0 Å². The van der Waals surface area contributed by atoms with Crippen molar-refractivity contribution in [2.24, 2.45) is 0 Å². The Morgan fingerprint density at radius 3 is 2.53 bits per heavy atom. The minimum absolute atomic E-state index is 0.439. The highest BCUT2D eigenvalue weighted by Crippen LogP contribution is 2.19. The lowest BCUT2D eigenvalue weighted by atomic mass is 10.1. The Kier molecular flexibility index (Phi) is 2.10. The van der Waals surface area contributed by atoms with E-state index in [1.807, 2.05) is 0 Å². The fourth-order valence-corrected chi connectivity index (χ4v) is 1.18. The third-order valence-corrected chi connectivity index (χ3v) is 1.92. The van der Waals surface area contributed by atoms with E-state index in [0.717, 1.165) is 6.20 Å². The van der Waals surface area contributed by atoms with Crippen molar-refractivity contribution in [2.45, 2.75) is 5.79 Å². The number of rotatable bonds is 3. The molecule has 0 fully saturated rings. The minimum atomic E-state index is -3.15. The molecule has 0 saturated carbocycles. The van der Waals surface area contributed by atoms with Crippen molar-refractivity contribution in [1.29, 1.82) is 0 Å². The van der Waals surface area contributed by atoms with E-state index in [0.29, 0.717) is 0 Å². The van der Waals surface area contributed by atoms with Crippen LogP contribution in [0, 0.1) is 25.4 Å². The maximum Gasteiger partial charge on any atom is 0.629 e. The van der Waals surface area contributed by atoms with Gasteiger partial charge in [0.05, 0.1) is 4.90 Å². The molecule has 0 saturated heterocycles. The van der Waals surface area contributed by atoms with Gasteiger partial charge in [0.2, 0.25) is 5.69 Å². The van der Waals surface area contributed by atoms with Gasteiger partial charge in [-0.2, -0.15) is 0 Å². The molecule has 0 bridgehead atoms. The molecule has 2 rings (SSSR count). The highest BCUT2D eigenvalue weighted by Gasteiger charge is 2.74. The first-order chi connectivity index (χ1) is 8.00. The fourth-order valence-electron chi connectivity index (χ4n) is 1.18. The van der Waals surface area contributed by atoms with Gasteiger partial charge in [-0.25, -0.2) is 4.63 Å². The van der Waals surface area contributed by atoms with Crippen LogP contribution in [0.15, 0.2) is 10.8 Å². The summed E-state index contributed by atoms with van der Waals surface area (Å²) in [6, 6.07) is 0. The van der Waals surface area contributed by atoms with E-state index in [1.165, 1.54) is 5.48 Å². The lowest BCUT2D eigenvalue weighted by Gasteiger charge is -2.06. The van der Waals surface area contributed by atoms with Crippen LogP contribution in [0.3, 0.4) is 0 Å². The number of nitrogens with zero attached hydrogens (tertiary/aromatic N) is 5. The van der Waals surface area contributed by atoms with Crippen molar-refractivity contribution in [1.82, 2.24) is 15.8 Å². The van der Waals surface area contributed by atoms with Crippen LogP contribution in [0.1, 0.15) is 5.69 Å². The molecule has 17 heavy (non-hydrogen) atoms. The molecular weight excluding hydrogens is 244 g/mol. The summed E-state index contributed by atoms with van der Waals surface area (Å²) in [5.74, 6) is -3.15. The van der Waals surface area contributed by atoms with Gasteiger partial charge in [0.25, 0.3) is 0 Å². The zero-order chi connectivity index (χ0) is 12.6. The van der Waals surface area contributed by atoms with Crippen molar-refractivity contribution in [2.75, 3.05) is 0 Å². The molecule has 0 atom stereocenters. The topological polar surface area (TPSA) is 173 Å². The summed E-state index contributed by atoms with van der Waals surface area (Å²) in [5, 5.41) is 38.9. The number of aromatic nitrogens is 2. The second-order valence-corrected chi connectivity index (χ2v) is 2.78. The van der Waals surface area contributed by atoms with Gasteiger partial charge in [-0.15, -0.1) is 0 Å². The maximum atomic E-state index is 11.2. The number of hydroxylamine groups is 1. The average Bonchev–Trinajstić information content (AvgIpc) is 2.83. The van der Waals surface area contributed by atoms with Crippen LogP contribution in [0.4, 0.5) is 0 Å². The second kappa shape index (κ2) is 3.34. The van der Waals surface area contributed by atoms with Gasteiger partial charge in [0, 0.05) is 0 Å². The molecule has 1 aromatic heterocycles. The third kappa shape index (κ3) is 1.26. The summed E-state index contributed by atoms with van der Waals surface area (Å²) in [6.45, 7) is 0. The molecule has 1 aromatic rings. The van der Waals surface area contributed by atoms with Crippen molar-refractivity contribution in [3.63, 3.8) is 0 Å². The van der Waals surface area contributed by atoms with Crippen molar-refractivity contribution < 1.29 is 24.3 Å². The zero-order valence-electron chi connectivity index (χ0n) is 7.67. The molecule has 0 unspecified atom stereocenters. The largest absolute Gasteiger partial charge is 0.629 e. The van der Waals surface area contributed by atoms with E-state index in [-0.39, 0.29) is 0 Å². The molecule has 0 aromatic carbocycles. The summed E-state index contributed by atoms with van der Waals surface area (Å²) in [5.41, 5.74) is -0.0536. The standard InChI is InChI=1S/C4H2N6O7/c11-8-3(2-1-5-16-6-2)4(7-17-8,9(12)13)10(14)15/h1,7H. The van der Waals surface area contributed by atoms with Gasteiger partial charge in [-0.3, -0.25) is 25.4 Å². The van der Waals surface area contributed by atoms with Crippen molar-refractivity contribution >= 4 is 5.71 Å². The summed E-state index contributed by atoms with van der Waals surface area (Å²) in [6.07, 6.45) is 0.804.